The maximum Gasteiger partial charge on any atom is 0.255 e. The number of aryl methyl sites for hydroxylation is 1. The lowest BCUT2D eigenvalue weighted by molar-refractivity contribution is 0.102. The van der Waals surface area contributed by atoms with Crippen molar-refractivity contribution in [1.82, 2.24) is 4.90 Å². The van der Waals surface area contributed by atoms with E-state index < -0.39 is 0 Å². The Kier molecular flexibility index (Phi) is 6.36. The van der Waals surface area contributed by atoms with E-state index in [1.165, 1.54) is 5.56 Å². The number of carbonyl (C=O) groups is 1. The van der Waals surface area contributed by atoms with Gasteiger partial charge in [-0.1, -0.05) is 53.6 Å². The van der Waals surface area contributed by atoms with Crippen molar-refractivity contribution in [2.24, 2.45) is 0 Å². The molecule has 154 valence electrons. The van der Waals surface area contributed by atoms with Gasteiger partial charge in [0.2, 0.25) is 0 Å². The van der Waals surface area contributed by atoms with Crippen LogP contribution in [0.3, 0.4) is 0 Å². The highest BCUT2D eigenvalue weighted by atomic mass is 35.5. The maximum atomic E-state index is 12.6. The van der Waals surface area contributed by atoms with Crippen LogP contribution in [0, 0.1) is 6.92 Å². The predicted octanol–water partition coefficient (Wildman–Crippen LogP) is 5.22. The average Bonchev–Trinajstić information content (AvgIpc) is 2.77. The highest BCUT2D eigenvalue weighted by Crippen LogP contribution is 2.26. The lowest BCUT2D eigenvalue weighted by Gasteiger charge is -2.36. The van der Waals surface area contributed by atoms with Crippen LogP contribution in [-0.2, 0) is 6.54 Å². The third kappa shape index (κ3) is 5.02. The molecule has 0 spiro atoms. The third-order valence-corrected chi connectivity index (χ3v) is 5.79. The summed E-state index contributed by atoms with van der Waals surface area (Å²) in [6, 6.07) is 23.7. The van der Waals surface area contributed by atoms with Gasteiger partial charge in [0.25, 0.3) is 5.91 Å². The third-order valence-electron chi connectivity index (χ3n) is 5.47. The average molecular weight is 420 g/mol. The van der Waals surface area contributed by atoms with Crippen LogP contribution < -0.4 is 10.2 Å². The number of benzene rings is 3. The minimum atomic E-state index is -0.0794. The molecular formula is C25H26ClN3O. The van der Waals surface area contributed by atoms with Gasteiger partial charge in [-0.25, -0.2) is 0 Å². The second kappa shape index (κ2) is 9.33. The fourth-order valence-corrected chi connectivity index (χ4v) is 4.02. The molecule has 4 nitrogen and oxygen atoms in total. The van der Waals surface area contributed by atoms with Gasteiger partial charge in [0.05, 0.1) is 10.7 Å². The number of nitrogens with zero attached hydrogens (tertiary/aromatic N) is 2. The lowest BCUT2D eigenvalue weighted by atomic mass is 10.1. The normalized spacial score (nSPS) is 14.5. The smallest absolute Gasteiger partial charge is 0.255 e. The molecule has 1 amide bonds. The number of amides is 1. The number of rotatable bonds is 5. The van der Waals surface area contributed by atoms with E-state index in [4.69, 9.17) is 11.6 Å². The standard InChI is InChI=1S/C25H26ClN3O/c1-19-9-11-22(12-10-19)27-25(30)21-6-4-5-20(17-21)18-28-13-15-29(16-14-28)24-8-3-2-7-23(24)26/h2-12,17H,13-16,18H2,1H3,(H,27,30). The van der Waals surface area contributed by atoms with E-state index in [2.05, 4.69) is 27.2 Å². The van der Waals surface area contributed by atoms with Crippen LogP contribution in [0.2, 0.25) is 5.02 Å². The molecule has 0 saturated carbocycles. The summed E-state index contributed by atoms with van der Waals surface area (Å²) < 4.78 is 0. The van der Waals surface area contributed by atoms with Gasteiger partial charge in [0.15, 0.2) is 0 Å². The molecular weight excluding hydrogens is 394 g/mol. The Morgan fingerprint density at radius 2 is 1.67 bits per heavy atom. The molecule has 3 aromatic rings. The Morgan fingerprint density at radius 3 is 2.40 bits per heavy atom. The van der Waals surface area contributed by atoms with Crippen molar-refractivity contribution >= 4 is 28.9 Å². The molecule has 0 aromatic heterocycles. The van der Waals surface area contributed by atoms with E-state index in [1.807, 2.05) is 67.6 Å². The number of halogens is 1. The molecule has 1 aliphatic rings. The number of carbonyl (C=O) groups excluding carboxylic acids is 1. The fraction of sp³-hybridized carbons (Fsp3) is 0.240. The van der Waals surface area contributed by atoms with Gasteiger partial charge in [0.1, 0.15) is 0 Å². The first-order chi connectivity index (χ1) is 14.6. The van der Waals surface area contributed by atoms with Crippen molar-refractivity contribution in [2.45, 2.75) is 13.5 Å². The highest BCUT2D eigenvalue weighted by Gasteiger charge is 2.19. The first-order valence-electron chi connectivity index (χ1n) is 10.3. The maximum absolute atomic E-state index is 12.6. The Morgan fingerprint density at radius 1 is 0.933 bits per heavy atom. The van der Waals surface area contributed by atoms with Crippen LogP contribution in [0.5, 0.6) is 0 Å². The summed E-state index contributed by atoms with van der Waals surface area (Å²) in [5.74, 6) is -0.0794. The molecule has 3 aromatic carbocycles. The van der Waals surface area contributed by atoms with Gasteiger partial charge >= 0.3 is 0 Å². The van der Waals surface area contributed by atoms with Gasteiger partial charge in [-0.15, -0.1) is 0 Å². The van der Waals surface area contributed by atoms with Crippen molar-refractivity contribution in [3.8, 4) is 0 Å². The molecule has 0 atom stereocenters. The van der Waals surface area contributed by atoms with E-state index in [9.17, 15) is 4.79 Å². The summed E-state index contributed by atoms with van der Waals surface area (Å²) in [5.41, 5.74) is 4.92. The summed E-state index contributed by atoms with van der Waals surface area (Å²) in [6.45, 7) is 6.68. The number of anilines is 2. The minimum absolute atomic E-state index is 0.0794. The molecule has 1 heterocycles. The highest BCUT2D eigenvalue weighted by molar-refractivity contribution is 6.33. The first-order valence-corrected chi connectivity index (χ1v) is 10.6. The number of hydrogen-bond acceptors (Lipinski definition) is 3. The predicted molar refractivity (Wildman–Crippen MR) is 125 cm³/mol. The van der Waals surface area contributed by atoms with E-state index in [1.54, 1.807) is 0 Å². The fourth-order valence-electron chi connectivity index (χ4n) is 3.76. The number of piperazine rings is 1. The summed E-state index contributed by atoms with van der Waals surface area (Å²) in [4.78, 5) is 17.4. The Balaban J connectivity index is 1.35. The number of hydrogen-bond donors (Lipinski definition) is 1. The van der Waals surface area contributed by atoms with Crippen LogP contribution in [0.1, 0.15) is 21.5 Å². The van der Waals surface area contributed by atoms with Gasteiger partial charge < -0.3 is 10.2 Å². The van der Waals surface area contributed by atoms with Gasteiger partial charge in [-0.3, -0.25) is 9.69 Å². The Bertz CT molecular complexity index is 1010. The quantitative estimate of drug-likeness (QED) is 0.615. The Hall–Kier alpha value is -2.82. The molecule has 0 bridgehead atoms. The molecule has 1 N–H and O–H groups in total. The summed E-state index contributed by atoms with van der Waals surface area (Å²) in [6.07, 6.45) is 0. The summed E-state index contributed by atoms with van der Waals surface area (Å²) in [7, 11) is 0. The van der Waals surface area contributed by atoms with Crippen LogP contribution in [0.25, 0.3) is 0 Å². The number of nitrogens with one attached hydrogen (secondary N) is 1. The first kappa shape index (κ1) is 20.5. The largest absolute Gasteiger partial charge is 0.368 e. The van der Waals surface area contributed by atoms with Crippen LogP contribution in [0.15, 0.2) is 72.8 Å². The van der Waals surface area contributed by atoms with Crippen molar-refractivity contribution in [3.05, 3.63) is 94.5 Å². The van der Waals surface area contributed by atoms with Gasteiger partial charge in [-0.05, 0) is 48.9 Å². The van der Waals surface area contributed by atoms with E-state index in [0.717, 1.165) is 54.7 Å². The van der Waals surface area contributed by atoms with Crippen molar-refractivity contribution in [3.63, 3.8) is 0 Å². The molecule has 4 rings (SSSR count). The SMILES string of the molecule is Cc1ccc(NC(=O)c2cccc(CN3CCN(c4ccccc4Cl)CC3)c2)cc1. The zero-order chi connectivity index (χ0) is 20.9. The van der Waals surface area contributed by atoms with Crippen LogP contribution in [0.4, 0.5) is 11.4 Å². The second-order valence-corrected chi connectivity index (χ2v) is 8.14. The van der Waals surface area contributed by atoms with Crippen molar-refractivity contribution < 1.29 is 4.79 Å². The van der Waals surface area contributed by atoms with E-state index in [0.29, 0.717) is 5.56 Å². The summed E-state index contributed by atoms with van der Waals surface area (Å²) in [5, 5.41) is 3.78. The molecule has 0 radical (unpaired) electrons. The monoisotopic (exact) mass is 419 g/mol. The lowest BCUT2D eigenvalue weighted by Crippen LogP contribution is -2.46. The topological polar surface area (TPSA) is 35.6 Å². The Labute approximate surface area is 183 Å². The van der Waals surface area contributed by atoms with Gasteiger partial charge in [-0.2, -0.15) is 0 Å². The zero-order valence-corrected chi connectivity index (χ0v) is 17.9. The van der Waals surface area contributed by atoms with Crippen LogP contribution >= 0.6 is 11.6 Å². The minimum Gasteiger partial charge on any atom is -0.368 e. The molecule has 1 saturated heterocycles. The molecule has 5 heteroatoms. The molecule has 1 aliphatic heterocycles. The second-order valence-electron chi connectivity index (χ2n) is 7.74. The van der Waals surface area contributed by atoms with Gasteiger partial charge in [0, 0.05) is 44.0 Å². The van der Waals surface area contributed by atoms with E-state index >= 15 is 0 Å². The number of para-hydroxylation sites is 1. The molecule has 0 unspecified atom stereocenters. The molecule has 30 heavy (non-hydrogen) atoms. The molecule has 0 aliphatic carbocycles. The van der Waals surface area contributed by atoms with Crippen molar-refractivity contribution in [1.29, 1.82) is 0 Å². The summed E-state index contributed by atoms with van der Waals surface area (Å²) >= 11 is 6.34. The van der Waals surface area contributed by atoms with Crippen molar-refractivity contribution in [2.75, 3.05) is 36.4 Å². The zero-order valence-electron chi connectivity index (χ0n) is 17.1. The van der Waals surface area contributed by atoms with Crippen LogP contribution in [-0.4, -0.2) is 37.0 Å². The molecule has 1 fully saturated rings. The van der Waals surface area contributed by atoms with E-state index in [-0.39, 0.29) is 5.91 Å².